The highest BCUT2D eigenvalue weighted by Crippen LogP contribution is 2.29. The van der Waals surface area contributed by atoms with E-state index in [0.717, 1.165) is 12.8 Å². The molecule has 2 atom stereocenters. The topological polar surface area (TPSA) is 45.9 Å². The Morgan fingerprint density at radius 3 is 3.06 bits per heavy atom. The van der Waals surface area contributed by atoms with Crippen LogP contribution in [0.3, 0.4) is 0 Å². The molecule has 0 saturated heterocycles. The predicted octanol–water partition coefficient (Wildman–Crippen LogP) is 3.30. The number of hydrogen-bond acceptors (Lipinski definition) is 3. The Balaban J connectivity index is 2.06. The molecule has 3 nitrogen and oxygen atoms in total. The van der Waals surface area contributed by atoms with Gasteiger partial charge >= 0.3 is 0 Å². The summed E-state index contributed by atoms with van der Waals surface area (Å²) in [6.45, 7) is 2.21. The summed E-state index contributed by atoms with van der Waals surface area (Å²) >= 11 is 0. The van der Waals surface area contributed by atoms with Crippen LogP contribution in [-0.4, -0.2) is 11.1 Å². The van der Waals surface area contributed by atoms with Crippen LogP contribution in [0.1, 0.15) is 44.6 Å². The Hall–Kier alpha value is -1.56. The van der Waals surface area contributed by atoms with Crippen molar-refractivity contribution in [2.75, 3.05) is 0 Å². The van der Waals surface area contributed by atoms with Crippen molar-refractivity contribution in [1.82, 2.24) is 4.98 Å². The molecule has 17 heavy (non-hydrogen) atoms. The van der Waals surface area contributed by atoms with Crippen LogP contribution in [0.15, 0.2) is 18.3 Å². The minimum atomic E-state index is 0.273. The van der Waals surface area contributed by atoms with Crippen LogP contribution >= 0.6 is 0 Å². The van der Waals surface area contributed by atoms with E-state index >= 15 is 0 Å². The summed E-state index contributed by atoms with van der Waals surface area (Å²) in [5, 5.41) is 8.83. The fraction of sp³-hybridized carbons (Fsp3) is 0.571. The number of nitrogens with zero attached hydrogens (tertiary/aromatic N) is 2. The molecule has 0 aromatic carbocycles. The second-order valence-corrected chi connectivity index (χ2v) is 4.60. The molecule has 0 bridgehead atoms. The first-order chi connectivity index (χ1) is 8.33. The molecule has 2 unspecified atom stereocenters. The lowest BCUT2D eigenvalue weighted by atomic mass is 9.85. The van der Waals surface area contributed by atoms with Crippen LogP contribution in [0.4, 0.5) is 0 Å². The SMILES string of the molecule is CCC1CCCCC1Oc1cc(C#N)ccn1. The van der Waals surface area contributed by atoms with Gasteiger partial charge in [-0.2, -0.15) is 5.26 Å². The lowest BCUT2D eigenvalue weighted by molar-refractivity contribution is 0.0858. The molecule has 3 heteroatoms. The Morgan fingerprint density at radius 1 is 1.47 bits per heavy atom. The lowest BCUT2D eigenvalue weighted by Gasteiger charge is -2.30. The quantitative estimate of drug-likeness (QED) is 0.800. The van der Waals surface area contributed by atoms with Crippen molar-refractivity contribution in [3.63, 3.8) is 0 Å². The lowest BCUT2D eigenvalue weighted by Crippen LogP contribution is -2.30. The van der Waals surface area contributed by atoms with Crippen molar-refractivity contribution in [2.24, 2.45) is 5.92 Å². The van der Waals surface area contributed by atoms with E-state index in [0.29, 0.717) is 17.4 Å². The van der Waals surface area contributed by atoms with Gasteiger partial charge in [0.25, 0.3) is 0 Å². The third kappa shape index (κ3) is 2.97. The predicted molar refractivity (Wildman–Crippen MR) is 65.6 cm³/mol. The fourth-order valence-electron chi connectivity index (χ4n) is 2.49. The molecule has 1 fully saturated rings. The molecule has 0 spiro atoms. The van der Waals surface area contributed by atoms with E-state index in [1.165, 1.54) is 19.3 Å². The van der Waals surface area contributed by atoms with Crippen LogP contribution in [0.25, 0.3) is 0 Å². The molecule has 0 radical (unpaired) electrons. The maximum atomic E-state index is 8.83. The average molecular weight is 230 g/mol. The van der Waals surface area contributed by atoms with E-state index in [1.807, 2.05) is 0 Å². The van der Waals surface area contributed by atoms with E-state index < -0.39 is 0 Å². The summed E-state index contributed by atoms with van der Waals surface area (Å²) in [4.78, 5) is 4.18. The van der Waals surface area contributed by atoms with Crippen LogP contribution in [-0.2, 0) is 0 Å². The number of nitriles is 1. The highest BCUT2D eigenvalue weighted by Gasteiger charge is 2.25. The summed E-state index contributed by atoms with van der Waals surface area (Å²) < 4.78 is 5.94. The van der Waals surface area contributed by atoms with Gasteiger partial charge in [0.05, 0.1) is 11.6 Å². The van der Waals surface area contributed by atoms with Gasteiger partial charge in [0.2, 0.25) is 5.88 Å². The molecule has 0 N–H and O–H groups in total. The van der Waals surface area contributed by atoms with Crippen LogP contribution in [0.5, 0.6) is 5.88 Å². The van der Waals surface area contributed by atoms with Crippen molar-refractivity contribution in [2.45, 2.75) is 45.1 Å². The molecular formula is C14H18N2O. The Morgan fingerprint density at radius 2 is 2.29 bits per heavy atom. The van der Waals surface area contributed by atoms with Crippen molar-refractivity contribution >= 4 is 0 Å². The molecule has 1 saturated carbocycles. The summed E-state index contributed by atoms with van der Waals surface area (Å²) in [5.41, 5.74) is 0.610. The second kappa shape index (κ2) is 5.67. The summed E-state index contributed by atoms with van der Waals surface area (Å²) in [6, 6.07) is 5.53. The summed E-state index contributed by atoms with van der Waals surface area (Å²) in [5.74, 6) is 1.23. The smallest absolute Gasteiger partial charge is 0.214 e. The van der Waals surface area contributed by atoms with Gasteiger partial charge in [-0.15, -0.1) is 0 Å². The third-order valence-electron chi connectivity index (χ3n) is 3.50. The molecule has 1 aliphatic carbocycles. The van der Waals surface area contributed by atoms with Gasteiger partial charge in [0, 0.05) is 12.3 Å². The van der Waals surface area contributed by atoms with Crippen molar-refractivity contribution in [3.8, 4) is 11.9 Å². The van der Waals surface area contributed by atoms with E-state index in [9.17, 15) is 0 Å². The maximum Gasteiger partial charge on any atom is 0.214 e. The monoisotopic (exact) mass is 230 g/mol. The van der Waals surface area contributed by atoms with E-state index in [1.54, 1.807) is 18.3 Å². The first-order valence-corrected chi connectivity index (χ1v) is 6.36. The fourth-order valence-corrected chi connectivity index (χ4v) is 2.49. The van der Waals surface area contributed by atoms with Crippen molar-refractivity contribution < 1.29 is 4.74 Å². The molecular weight excluding hydrogens is 212 g/mol. The number of rotatable bonds is 3. The standard InChI is InChI=1S/C14H18N2O/c1-2-12-5-3-4-6-13(12)17-14-9-11(10-15)7-8-16-14/h7-9,12-13H,2-6H2,1H3. The van der Waals surface area contributed by atoms with Crippen LogP contribution < -0.4 is 4.74 Å². The zero-order valence-corrected chi connectivity index (χ0v) is 10.2. The zero-order valence-electron chi connectivity index (χ0n) is 10.2. The highest BCUT2D eigenvalue weighted by molar-refractivity contribution is 5.31. The summed E-state index contributed by atoms with van der Waals surface area (Å²) in [7, 11) is 0. The average Bonchev–Trinajstić information content (AvgIpc) is 2.39. The van der Waals surface area contributed by atoms with Gasteiger partial charge in [-0.3, -0.25) is 0 Å². The first kappa shape index (κ1) is 11.9. The molecule has 0 amide bonds. The molecule has 1 aromatic heterocycles. The Labute approximate surface area is 102 Å². The molecule has 1 heterocycles. The molecule has 0 aliphatic heterocycles. The van der Waals surface area contributed by atoms with Gasteiger partial charge in [-0.05, 0) is 37.7 Å². The van der Waals surface area contributed by atoms with Gasteiger partial charge in [-0.25, -0.2) is 4.98 Å². The van der Waals surface area contributed by atoms with E-state index in [2.05, 4.69) is 18.0 Å². The van der Waals surface area contributed by atoms with Gasteiger partial charge in [-0.1, -0.05) is 13.3 Å². The number of aromatic nitrogens is 1. The van der Waals surface area contributed by atoms with Gasteiger partial charge in [0.1, 0.15) is 6.10 Å². The second-order valence-electron chi connectivity index (χ2n) is 4.60. The number of ether oxygens (including phenoxy) is 1. The van der Waals surface area contributed by atoms with E-state index in [-0.39, 0.29) is 6.10 Å². The molecule has 1 aliphatic rings. The normalized spacial score (nSPS) is 24.0. The molecule has 90 valence electrons. The largest absolute Gasteiger partial charge is 0.474 e. The zero-order chi connectivity index (χ0) is 12.1. The molecule has 2 rings (SSSR count). The van der Waals surface area contributed by atoms with Crippen molar-refractivity contribution in [1.29, 1.82) is 5.26 Å². The van der Waals surface area contributed by atoms with Crippen molar-refractivity contribution in [3.05, 3.63) is 23.9 Å². The third-order valence-corrected chi connectivity index (χ3v) is 3.50. The first-order valence-electron chi connectivity index (χ1n) is 6.36. The van der Waals surface area contributed by atoms with E-state index in [4.69, 9.17) is 10.00 Å². The molecule has 1 aromatic rings. The minimum absolute atomic E-state index is 0.273. The van der Waals surface area contributed by atoms with Crippen LogP contribution in [0, 0.1) is 17.2 Å². The van der Waals surface area contributed by atoms with Crippen LogP contribution in [0.2, 0.25) is 0 Å². The summed E-state index contributed by atoms with van der Waals surface area (Å²) in [6.07, 6.45) is 7.97. The number of hydrogen-bond donors (Lipinski definition) is 0. The highest BCUT2D eigenvalue weighted by atomic mass is 16.5. The van der Waals surface area contributed by atoms with Gasteiger partial charge < -0.3 is 4.74 Å². The Kier molecular flexibility index (Phi) is 3.98. The maximum absolute atomic E-state index is 8.83. The van der Waals surface area contributed by atoms with Gasteiger partial charge in [0.15, 0.2) is 0 Å². The minimum Gasteiger partial charge on any atom is -0.474 e. The number of pyridine rings is 1. The Bertz CT molecular complexity index is 411.